The number of aromatic nitrogens is 5. The van der Waals surface area contributed by atoms with Crippen LogP contribution in [0.5, 0.6) is 0 Å². The zero-order valence-electron chi connectivity index (χ0n) is 23.9. The first-order valence-corrected chi connectivity index (χ1v) is 14.7. The maximum atomic E-state index is 13.2. The van der Waals surface area contributed by atoms with E-state index in [1.54, 1.807) is 0 Å². The van der Waals surface area contributed by atoms with Crippen molar-refractivity contribution < 1.29 is 9.90 Å². The van der Waals surface area contributed by atoms with Crippen LogP contribution in [0, 0.1) is 19.8 Å². The van der Waals surface area contributed by atoms with E-state index in [0.29, 0.717) is 31.0 Å². The van der Waals surface area contributed by atoms with Crippen molar-refractivity contribution in [3.63, 3.8) is 0 Å². The standard InChI is InChI=1S/C30H43N7O2/c1-5-6-19(2)33-30-31-17-26-27(35-37(28(26)34-30)18-22-7-9-25(38)10-8-22)23-11-13-36(14-12-23)29(39)24-15-20(3)32-21(4)16-24/h15-17,19,22-23,25,38H,5-14,18H2,1-4H3,(H,31,33,34)/t19-,22?,25?/m0/s1. The number of anilines is 1. The maximum absolute atomic E-state index is 13.2. The Morgan fingerprint density at radius 3 is 2.44 bits per heavy atom. The zero-order valence-corrected chi connectivity index (χ0v) is 23.9. The first-order chi connectivity index (χ1) is 18.8. The van der Waals surface area contributed by atoms with Crippen molar-refractivity contribution in [3.05, 3.63) is 41.0 Å². The highest BCUT2D eigenvalue weighted by atomic mass is 16.3. The van der Waals surface area contributed by atoms with E-state index >= 15 is 0 Å². The molecule has 2 fully saturated rings. The van der Waals surface area contributed by atoms with E-state index in [-0.39, 0.29) is 17.9 Å². The number of carbonyl (C=O) groups is 1. The van der Waals surface area contributed by atoms with Crippen molar-refractivity contribution in [2.45, 2.75) is 104 Å². The normalized spacial score (nSPS) is 21.3. The van der Waals surface area contributed by atoms with Gasteiger partial charge in [-0.25, -0.2) is 9.67 Å². The smallest absolute Gasteiger partial charge is 0.253 e. The van der Waals surface area contributed by atoms with E-state index < -0.39 is 0 Å². The van der Waals surface area contributed by atoms with Crippen molar-refractivity contribution in [2.75, 3.05) is 18.4 Å². The van der Waals surface area contributed by atoms with E-state index in [2.05, 4.69) is 33.8 Å². The molecule has 0 spiro atoms. The number of hydrogen-bond donors (Lipinski definition) is 2. The molecule has 2 aliphatic rings. The number of aliphatic hydroxyl groups is 1. The van der Waals surface area contributed by atoms with E-state index in [9.17, 15) is 9.90 Å². The maximum Gasteiger partial charge on any atom is 0.253 e. The number of piperidine rings is 1. The lowest BCUT2D eigenvalue weighted by Crippen LogP contribution is -2.38. The van der Waals surface area contributed by atoms with Crippen molar-refractivity contribution >= 4 is 22.9 Å². The van der Waals surface area contributed by atoms with Crippen molar-refractivity contribution in [3.8, 4) is 0 Å². The van der Waals surface area contributed by atoms with E-state index in [0.717, 1.165) is 91.6 Å². The fourth-order valence-corrected chi connectivity index (χ4v) is 6.27. The van der Waals surface area contributed by atoms with Crippen LogP contribution < -0.4 is 5.32 Å². The third kappa shape index (κ3) is 6.40. The molecule has 1 amide bonds. The van der Waals surface area contributed by atoms with Gasteiger partial charge in [-0.1, -0.05) is 13.3 Å². The summed E-state index contributed by atoms with van der Waals surface area (Å²) < 4.78 is 2.09. The molecule has 3 aromatic rings. The lowest BCUT2D eigenvalue weighted by molar-refractivity contribution is 0.0712. The average molecular weight is 534 g/mol. The molecule has 1 atom stereocenters. The van der Waals surface area contributed by atoms with Gasteiger partial charge in [-0.05, 0) is 83.8 Å². The predicted octanol–water partition coefficient (Wildman–Crippen LogP) is 5.01. The van der Waals surface area contributed by atoms with E-state index in [4.69, 9.17) is 10.1 Å². The molecule has 1 aliphatic heterocycles. The fraction of sp³-hybridized carbons (Fsp3) is 0.633. The molecule has 5 rings (SSSR count). The van der Waals surface area contributed by atoms with Gasteiger partial charge in [-0.2, -0.15) is 10.1 Å². The number of aryl methyl sites for hydroxylation is 2. The summed E-state index contributed by atoms with van der Waals surface area (Å²) in [4.78, 5) is 29.2. The topological polar surface area (TPSA) is 109 Å². The Morgan fingerprint density at radius 2 is 1.77 bits per heavy atom. The molecule has 1 saturated carbocycles. The van der Waals surface area contributed by atoms with Gasteiger partial charge in [0.2, 0.25) is 5.95 Å². The highest BCUT2D eigenvalue weighted by Gasteiger charge is 2.30. The first-order valence-electron chi connectivity index (χ1n) is 14.7. The Labute approximate surface area is 231 Å². The van der Waals surface area contributed by atoms with Gasteiger partial charge in [0.1, 0.15) is 0 Å². The average Bonchev–Trinajstić information content (AvgIpc) is 3.26. The van der Waals surface area contributed by atoms with Crippen LogP contribution in [0.4, 0.5) is 5.95 Å². The fourth-order valence-electron chi connectivity index (χ4n) is 6.27. The summed E-state index contributed by atoms with van der Waals surface area (Å²) in [5.74, 6) is 1.48. The molecule has 2 N–H and O–H groups in total. The first kappa shape index (κ1) is 27.5. The van der Waals surface area contributed by atoms with Gasteiger partial charge >= 0.3 is 0 Å². The van der Waals surface area contributed by atoms with Crippen LogP contribution in [0.2, 0.25) is 0 Å². The van der Waals surface area contributed by atoms with Gasteiger partial charge in [0.05, 0.1) is 17.2 Å². The summed E-state index contributed by atoms with van der Waals surface area (Å²) in [5.41, 5.74) is 4.40. The third-order valence-electron chi connectivity index (χ3n) is 8.36. The summed E-state index contributed by atoms with van der Waals surface area (Å²) in [6, 6.07) is 4.06. The number of aliphatic hydroxyl groups excluding tert-OH is 1. The number of carbonyl (C=O) groups excluding carboxylic acids is 1. The van der Waals surface area contributed by atoms with Gasteiger partial charge < -0.3 is 15.3 Å². The number of rotatable bonds is 8. The summed E-state index contributed by atoms with van der Waals surface area (Å²) in [7, 11) is 0. The van der Waals surface area contributed by atoms with Gasteiger partial charge in [0.15, 0.2) is 5.65 Å². The molecule has 3 aromatic heterocycles. The lowest BCUT2D eigenvalue weighted by atomic mass is 9.87. The van der Waals surface area contributed by atoms with Crippen LogP contribution >= 0.6 is 0 Å². The van der Waals surface area contributed by atoms with Crippen molar-refractivity contribution in [1.82, 2.24) is 29.6 Å². The minimum atomic E-state index is -0.169. The molecule has 0 aromatic carbocycles. The van der Waals surface area contributed by atoms with Crippen LogP contribution in [0.25, 0.3) is 11.0 Å². The molecule has 0 unspecified atom stereocenters. The Kier molecular flexibility index (Phi) is 8.45. The number of fused-ring (bicyclic) bond motifs is 1. The SMILES string of the molecule is CCC[C@H](C)Nc1ncc2c(C3CCN(C(=O)c4cc(C)nc(C)c4)CC3)nn(CC3CCC(O)CC3)c2n1. The second-order valence-corrected chi connectivity index (χ2v) is 11.7. The van der Waals surface area contributed by atoms with Crippen LogP contribution in [-0.4, -0.2) is 65.9 Å². The molecule has 1 aliphatic carbocycles. The summed E-state index contributed by atoms with van der Waals surface area (Å²) in [5, 5.41) is 19.6. The Hall–Kier alpha value is -3.07. The highest BCUT2D eigenvalue weighted by Crippen LogP contribution is 2.34. The quantitative estimate of drug-likeness (QED) is 0.419. The molecule has 39 heavy (non-hydrogen) atoms. The zero-order chi connectivity index (χ0) is 27.5. The largest absolute Gasteiger partial charge is 0.393 e. The van der Waals surface area contributed by atoms with E-state index in [1.807, 2.05) is 37.1 Å². The number of nitrogens with one attached hydrogen (secondary N) is 1. The van der Waals surface area contributed by atoms with Gasteiger partial charge in [0.25, 0.3) is 5.91 Å². The molecular weight excluding hydrogens is 490 g/mol. The second-order valence-electron chi connectivity index (χ2n) is 11.7. The summed E-state index contributed by atoms with van der Waals surface area (Å²) >= 11 is 0. The number of pyridine rings is 1. The van der Waals surface area contributed by atoms with Crippen LogP contribution in [-0.2, 0) is 6.54 Å². The predicted molar refractivity (Wildman–Crippen MR) is 153 cm³/mol. The van der Waals surface area contributed by atoms with Crippen molar-refractivity contribution in [1.29, 1.82) is 0 Å². The van der Waals surface area contributed by atoms with Gasteiger partial charge in [-0.15, -0.1) is 0 Å². The molecular formula is C30H43N7O2. The Morgan fingerprint density at radius 1 is 1.08 bits per heavy atom. The Balaban J connectivity index is 1.36. The number of hydrogen-bond acceptors (Lipinski definition) is 7. The molecule has 0 radical (unpaired) electrons. The molecule has 9 heteroatoms. The minimum Gasteiger partial charge on any atom is -0.393 e. The van der Waals surface area contributed by atoms with Gasteiger partial charge in [-0.3, -0.25) is 9.78 Å². The van der Waals surface area contributed by atoms with Crippen LogP contribution in [0.1, 0.15) is 98.6 Å². The number of nitrogens with zero attached hydrogens (tertiary/aromatic N) is 6. The Bertz CT molecular complexity index is 1270. The molecule has 1 saturated heterocycles. The van der Waals surface area contributed by atoms with Crippen LogP contribution in [0.15, 0.2) is 18.3 Å². The summed E-state index contributed by atoms with van der Waals surface area (Å²) in [6.45, 7) is 10.4. The number of amides is 1. The molecule has 210 valence electrons. The third-order valence-corrected chi connectivity index (χ3v) is 8.36. The van der Waals surface area contributed by atoms with Gasteiger partial charge in [0, 0.05) is 54.7 Å². The van der Waals surface area contributed by atoms with Crippen LogP contribution in [0.3, 0.4) is 0 Å². The van der Waals surface area contributed by atoms with E-state index in [1.165, 1.54) is 0 Å². The minimum absolute atomic E-state index is 0.0807. The molecule has 4 heterocycles. The molecule has 0 bridgehead atoms. The summed E-state index contributed by atoms with van der Waals surface area (Å²) in [6.07, 6.45) is 9.40. The second kappa shape index (κ2) is 12.0. The lowest BCUT2D eigenvalue weighted by Gasteiger charge is -2.31. The number of likely N-dealkylation sites (tertiary alicyclic amines) is 1. The molecule has 9 nitrogen and oxygen atoms in total. The highest BCUT2D eigenvalue weighted by molar-refractivity contribution is 5.94. The van der Waals surface area contributed by atoms with Crippen molar-refractivity contribution in [2.24, 2.45) is 5.92 Å². The monoisotopic (exact) mass is 533 g/mol.